The minimum Gasteiger partial charge on any atom is -0.484 e. The molecule has 0 aliphatic heterocycles. The van der Waals surface area contributed by atoms with Crippen LogP contribution in [0.25, 0.3) is 0 Å². The number of hydrogen-bond donors (Lipinski definition) is 1. The van der Waals surface area contributed by atoms with Crippen LogP contribution in [-0.4, -0.2) is 23.7 Å². The highest BCUT2D eigenvalue weighted by molar-refractivity contribution is 7.16. The Kier molecular flexibility index (Phi) is 6.64. The molecule has 1 N–H and O–H groups in total. The van der Waals surface area contributed by atoms with Crippen LogP contribution in [-0.2, 0) is 4.79 Å². The van der Waals surface area contributed by atoms with Crippen molar-refractivity contribution in [3.63, 3.8) is 0 Å². The number of hydrogen-bond acceptors (Lipinski definition) is 6. The summed E-state index contributed by atoms with van der Waals surface area (Å²) < 4.78 is 5.40. The molecule has 0 radical (unpaired) electrons. The lowest BCUT2D eigenvalue weighted by Gasteiger charge is -2.10. The van der Waals surface area contributed by atoms with E-state index in [1.165, 1.54) is 17.8 Å². The minimum atomic E-state index is -0.471. The van der Waals surface area contributed by atoms with E-state index in [0.29, 0.717) is 16.5 Å². The van der Waals surface area contributed by atoms with E-state index in [0.717, 1.165) is 17.8 Å². The van der Waals surface area contributed by atoms with Gasteiger partial charge in [-0.2, -0.15) is 5.10 Å². The van der Waals surface area contributed by atoms with Gasteiger partial charge in [0, 0.05) is 6.07 Å². The second-order valence-electron chi connectivity index (χ2n) is 5.39. The number of thiophene rings is 1. The van der Waals surface area contributed by atoms with Crippen LogP contribution >= 0.6 is 11.3 Å². The third-order valence-corrected chi connectivity index (χ3v) is 4.58. The first-order chi connectivity index (χ1) is 12.0. The van der Waals surface area contributed by atoms with Crippen molar-refractivity contribution in [3.8, 4) is 5.75 Å². The van der Waals surface area contributed by atoms with E-state index >= 15 is 0 Å². The molecule has 1 heterocycles. The zero-order valence-electron chi connectivity index (χ0n) is 14.0. The predicted molar refractivity (Wildman–Crippen MR) is 97.4 cm³/mol. The van der Waals surface area contributed by atoms with Gasteiger partial charge in [-0.3, -0.25) is 14.9 Å². The summed E-state index contributed by atoms with van der Waals surface area (Å²) in [6.45, 7) is 4.13. The summed E-state index contributed by atoms with van der Waals surface area (Å²) >= 11 is 0.977. The van der Waals surface area contributed by atoms with Crippen molar-refractivity contribution in [1.82, 2.24) is 5.43 Å². The molecule has 2 aromatic rings. The van der Waals surface area contributed by atoms with E-state index in [1.54, 1.807) is 6.07 Å². The molecule has 1 aromatic carbocycles. The highest BCUT2D eigenvalue weighted by Gasteiger charge is 2.08. The molecule has 0 aliphatic rings. The lowest BCUT2D eigenvalue weighted by Crippen LogP contribution is -2.24. The molecule has 0 saturated heterocycles. The summed E-state index contributed by atoms with van der Waals surface area (Å²) in [6.07, 6.45) is 2.42. The van der Waals surface area contributed by atoms with Gasteiger partial charge in [0.25, 0.3) is 5.91 Å². The first kappa shape index (κ1) is 18.6. The maximum atomic E-state index is 11.7. The smallest absolute Gasteiger partial charge is 0.324 e. The van der Waals surface area contributed by atoms with Gasteiger partial charge in [0.15, 0.2) is 6.61 Å². The van der Waals surface area contributed by atoms with Crippen molar-refractivity contribution in [1.29, 1.82) is 0 Å². The van der Waals surface area contributed by atoms with E-state index < -0.39 is 10.8 Å². The molecule has 8 heteroatoms. The Morgan fingerprint density at radius 2 is 2.08 bits per heavy atom. The summed E-state index contributed by atoms with van der Waals surface area (Å²) in [4.78, 5) is 22.4. The van der Waals surface area contributed by atoms with Crippen LogP contribution in [0.5, 0.6) is 5.75 Å². The van der Waals surface area contributed by atoms with Gasteiger partial charge in [0.1, 0.15) is 5.75 Å². The third kappa shape index (κ3) is 5.68. The Hall–Kier alpha value is -2.74. The van der Waals surface area contributed by atoms with Gasteiger partial charge >= 0.3 is 5.00 Å². The van der Waals surface area contributed by atoms with Crippen LogP contribution in [0.4, 0.5) is 5.00 Å². The molecule has 0 aliphatic carbocycles. The third-order valence-electron chi connectivity index (χ3n) is 3.61. The summed E-state index contributed by atoms with van der Waals surface area (Å²) in [6, 6.07) is 10.6. The van der Waals surface area contributed by atoms with Crippen molar-refractivity contribution < 1.29 is 14.5 Å². The average Bonchev–Trinajstić information content (AvgIpc) is 3.09. The Labute approximate surface area is 149 Å². The van der Waals surface area contributed by atoms with Gasteiger partial charge < -0.3 is 4.74 Å². The summed E-state index contributed by atoms with van der Waals surface area (Å²) in [7, 11) is 0. The normalized spacial score (nSPS) is 12.1. The first-order valence-electron chi connectivity index (χ1n) is 7.78. The monoisotopic (exact) mass is 361 g/mol. The summed E-state index contributed by atoms with van der Waals surface area (Å²) in [5.41, 5.74) is 3.55. The fourth-order valence-electron chi connectivity index (χ4n) is 1.99. The molecular formula is C17H19N3O4S. The number of hydrazone groups is 1. The zero-order valence-corrected chi connectivity index (χ0v) is 14.8. The quantitative estimate of drug-likeness (QED) is 0.441. The molecule has 0 fully saturated rings. The molecule has 1 unspecified atom stereocenters. The number of benzene rings is 1. The molecule has 7 nitrogen and oxygen atoms in total. The molecular weight excluding hydrogens is 342 g/mol. The van der Waals surface area contributed by atoms with Gasteiger partial charge in [-0.1, -0.05) is 37.3 Å². The topological polar surface area (TPSA) is 93.8 Å². The molecule has 1 amide bonds. The van der Waals surface area contributed by atoms with Crippen molar-refractivity contribution in [3.05, 3.63) is 57.0 Å². The Morgan fingerprint density at radius 1 is 1.36 bits per heavy atom. The maximum absolute atomic E-state index is 11.7. The van der Waals surface area contributed by atoms with Gasteiger partial charge in [-0.15, -0.1) is 0 Å². The van der Waals surface area contributed by atoms with Crippen molar-refractivity contribution >= 4 is 28.5 Å². The van der Waals surface area contributed by atoms with Gasteiger partial charge in [-0.25, -0.2) is 5.43 Å². The fraction of sp³-hybridized carbons (Fsp3) is 0.294. The van der Waals surface area contributed by atoms with E-state index in [4.69, 9.17) is 4.74 Å². The standard InChI is InChI=1S/C17H19N3O4S/c1-3-12(2)13-4-6-14(7-5-13)24-11-16(21)19-18-10-15-8-9-17(25-15)20(22)23/h4-10,12H,3,11H2,1-2H3,(H,19,21). The molecule has 0 spiro atoms. The van der Waals surface area contributed by atoms with Gasteiger partial charge in [0.05, 0.1) is 16.0 Å². The highest BCUT2D eigenvalue weighted by atomic mass is 32.1. The number of carbonyl (C=O) groups is 1. The molecule has 2 rings (SSSR count). The Morgan fingerprint density at radius 3 is 2.68 bits per heavy atom. The van der Waals surface area contributed by atoms with Gasteiger partial charge in [0.2, 0.25) is 0 Å². The molecule has 132 valence electrons. The Bertz CT molecular complexity index is 756. The molecule has 1 aromatic heterocycles. The van der Waals surface area contributed by atoms with E-state index in [2.05, 4.69) is 24.4 Å². The van der Waals surface area contributed by atoms with E-state index in [1.807, 2.05) is 24.3 Å². The highest BCUT2D eigenvalue weighted by Crippen LogP contribution is 2.22. The zero-order chi connectivity index (χ0) is 18.2. The number of nitrogens with zero attached hydrogens (tertiary/aromatic N) is 2. The molecule has 25 heavy (non-hydrogen) atoms. The van der Waals surface area contributed by atoms with E-state index in [9.17, 15) is 14.9 Å². The number of rotatable bonds is 8. The maximum Gasteiger partial charge on any atom is 0.324 e. The van der Waals surface area contributed by atoms with Crippen molar-refractivity contribution in [2.45, 2.75) is 26.2 Å². The lowest BCUT2D eigenvalue weighted by atomic mass is 9.99. The number of ether oxygens (including phenoxy) is 1. The summed E-state index contributed by atoms with van der Waals surface area (Å²) in [5, 5.41) is 14.4. The average molecular weight is 361 g/mol. The van der Waals surface area contributed by atoms with E-state index in [-0.39, 0.29) is 11.6 Å². The first-order valence-corrected chi connectivity index (χ1v) is 8.60. The predicted octanol–water partition coefficient (Wildman–Crippen LogP) is 3.70. The van der Waals surface area contributed by atoms with Crippen LogP contribution < -0.4 is 10.2 Å². The number of carbonyl (C=O) groups excluding carboxylic acids is 1. The second-order valence-corrected chi connectivity index (χ2v) is 6.49. The van der Waals surface area contributed by atoms with Crippen molar-refractivity contribution in [2.24, 2.45) is 5.10 Å². The van der Waals surface area contributed by atoms with Crippen molar-refractivity contribution in [2.75, 3.05) is 6.61 Å². The van der Waals surface area contributed by atoms with Gasteiger partial charge in [-0.05, 0) is 36.1 Å². The molecule has 1 atom stereocenters. The number of nitro groups is 1. The summed E-state index contributed by atoms with van der Waals surface area (Å²) in [5.74, 6) is 0.688. The number of amides is 1. The molecule has 0 bridgehead atoms. The Balaban J connectivity index is 1.78. The fourth-order valence-corrected chi connectivity index (χ4v) is 2.68. The van der Waals surface area contributed by atoms with Crippen LogP contribution in [0, 0.1) is 10.1 Å². The lowest BCUT2D eigenvalue weighted by molar-refractivity contribution is -0.380. The van der Waals surface area contributed by atoms with Crippen LogP contribution in [0.15, 0.2) is 41.5 Å². The van der Waals surface area contributed by atoms with Crippen LogP contribution in [0.2, 0.25) is 0 Å². The number of nitrogens with one attached hydrogen (secondary N) is 1. The van der Waals surface area contributed by atoms with Crippen LogP contribution in [0.1, 0.15) is 36.6 Å². The second kappa shape index (κ2) is 8.93. The SMILES string of the molecule is CCC(C)c1ccc(OCC(=O)NN=Cc2ccc([N+](=O)[O-])s2)cc1. The van der Waals surface area contributed by atoms with Crippen LogP contribution in [0.3, 0.4) is 0 Å². The minimum absolute atomic E-state index is 0.0250. The largest absolute Gasteiger partial charge is 0.484 e. The molecule has 0 saturated carbocycles.